The summed E-state index contributed by atoms with van der Waals surface area (Å²) in [4.78, 5) is 0. The van der Waals surface area contributed by atoms with Crippen molar-refractivity contribution in [1.29, 1.82) is 5.26 Å². The van der Waals surface area contributed by atoms with Crippen LogP contribution in [0.2, 0.25) is 5.02 Å². The summed E-state index contributed by atoms with van der Waals surface area (Å²) in [5.74, 6) is 0. The molecule has 1 unspecified atom stereocenters. The number of rotatable bonds is 3. The summed E-state index contributed by atoms with van der Waals surface area (Å²) in [5.41, 5.74) is 5.99. The van der Waals surface area contributed by atoms with Gasteiger partial charge in [0.2, 0.25) is 0 Å². The number of nitrogens with zero attached hydrogens (tertiary/aromatic N) is 1. The highest BCUT2D eigenvalue weighted by molar-refractivity contribution is 6.31. The predicted molar refractivity (Wildman–Crippen MR) is 58.0 cm³/mol. The van der Waals surface area contributed by atoms with Crippen molar-refractivity contribution in [2.75, 3.05) is 0 Å². The van der Waals surface area contributed by atoms with Crippen LogP contribution in [0.4, 0.5) is 0 Å². The zero-order valence-corrected chi connectivity index (χ0v) is 8.88. The molecule has 0 heterocycles. The van der Waals surface area contributed by atoms with Crippen LogP contribution in [0.25, 0.3) is 0 Å². The van der Waals surface area contributed by atoms with E-state index >= 15 is 0 Å². The molecule has 1 rings (SSSR count). The highest BCUT2D eigenvalue weighted by Crippen LogP contribution is 2.18. The molecule has 0 aromatic heterocycles. The quantitative estimate of drug-likeness (QED) is 0.830. The van der Waals surface area contributed by atoms with Gasteiger partial charge in [-0.05, 0) is 31.4 Å². The van der Waals surface area contributed by atoms with Crippen LogP contribution >= 0.6 is 11.6 Å². The second-order valence-electron chi connectivity index (χ2n) is 3.62. The minimum Gasteiger partial charge on any atom is -0.314 e. The normalized spacial score (nSPS) is 14.4. The van der Waals surface area contributed by atoms with Gasteiger partial charge in [-0.1, -0.05) is 29.8 Å². The molecule has 0 fully saturated rings. The summed E-state index contributed by atoms with van der Waals surface area (Å²) in [6, 6.07) is 9.68. The highest BCUT2D eigenvalue weighted by atomic mass is 35.5. The molecule has 1 aromatic rings. The zero-order chi connectivity index (χ0) is 10.6. The summed E-state index contributed by atoms with van der Waals surface area (Å²) in [6.07, 6.45) is 1.35. The van der Waals surface area contributed by atoms with Crippen molar-refractivity contribution in [1.82, 2.24) is 0 Å². The minimum absolute atomic E-state index is 0.618. The monoisotopic (exact) mass is 208 g/mol. The van der Waals surface area contributed by atoms with Crippen LogP contribution in [0.5, 0.6) is 0 Å². The smallest absolute Gasteiger partial charge is 0.101 e. The molecule has 0 spiro atoms. The van der Waals surface area contributed by atoms with Crippen LogP contribution in [0, 0.1) is 11.3 Å². The lowest BCUT2D eigenvalue weighted by Gasteiger charge is -2.15. The maximum atomic E-state index is 8.73. The maximum Gasteiger partial charge on any atom is 0.101 e. The van der Waals surface area contributed by atoms with E-state index in [2.05, 4.69) is 6.07 Å². The molecule has 0 radical (unpaired) electrons. The molecule has 0 saturated heterocycles. The first-order chi connectivity index (χ1) is 6.55. The van der Waals surface area contributed by atoms with E-state index < -0.39 is 5.54 Å². The third-order valence-electron chi connectivity index (χ3n) is 2.13. The largest absolute Gasteiger partial charge is 0.314 e. The highest BCUT2D eigenvalue weighted by Gasteiger charge is 2.17. The third kappa shape index (κ3) is 3.02. The van der Waals surface area contributed by atoms with Crippen LogP contribution in [0.15, 0.2) is 24.3 Å². The van der Waals surface area contributed by atoms with E-state index in [1.54, 1.807) is 6.92 Å². The lowest BCUT2D eigenvalue weighted by Crippen LogP contribution is -2.34. The standard InChI is InChI=1S/C11H13ClN2/c1-11(14,8-13)7-6-9-4-2-3-5-10(9)12/h2-5H,6-7,14H2,1H3. The topological polar surface area (TPSA) is 49.8 Å². The Kier molecular flexibility index (Phi) is 3.51. The molecule has 0 aliphatic carbocycles. The lowest BCUT2D eigenvalue weighted by atomic mass is 9.96. The van der Waals surface area contributed by atoms with Crippen molar-refractivity contribution in [2.24, 2.45) is 5.73 Å². The molecule has 74 valence electrons. The van der Waals surface area contributed by atoms with Gasteiger partial charge in [-0.2, -0.15) is 5.26 Å². The number of nitrogens with two attached hydrogens (primary N) is 1. The molecular weight excluding hydrogens is 196 g/mol. The Morgan fingerprint density at radius 3 is 2.71 bits per heavy atom. The first-order valence-corrected chi connectivity index (χ1v) is 4.86. The average molecular weight is 209 g/mol. The van der Waals surface area contributed by atoms with Gasteiger partial charge >= 0.3 is 0 Å². The van der Waals surface area contributed by atoms with Crippen molar-refractivity contribution in [3.63, 3.8) is 0 Å². The molecule has 0 aliphatic heterocycles. The van der Waals surface area contributed by atoms with Gasteiger partial charge in [0.25, 0.3) is 0 Å². The van der Waals surface area contributed by atoms with Gasteiger partial charge in [0.1, 0.15) is 5.54 Å². The van der Waals surface area contributed by atoms with E-state index in [4.69, 9.17) is 22.6 Å². The molecule has 0 bridgehead atoms. The Morgan fingerprint density at radius 1 is 1.50 bits per heavy atom. The number of aryl methyl sites for hydroxylation is 1. The fourth-order valence-corrected chi connectivity index (χ4v) is 1.38. The van der Waals surface area contributed by atoms with E-state index in [1.807, 2.05) is 24.3 Å². The molecule has 1 atom stereocenters. The van der Waals surface area contributed by atoms with E-state index in [1.165, 1.54) is 0 Å². The Hall–Kier alpha value is -1.04. The average Bonchev–Trinajstić information content (AvgIpc) is 2.17. The molecule has 1 aromatic carbocycles. The van der Waals surface area contributed by atoms with Gasteiger partial charge < -0.3 is 5.73 Å². The fraction of sp³-hybridized carbons (Fsp3) is 0.364. The summed E-state index contributed by atoms with van der Waals surface area (Å²) in [5, 5.41) is 9.47. The Morgan fingerprint density at radius 2 is 2.14 bits per heavy atom. The van der Waals surface area contributed by atoms with Gasteiger partial charge in [0.05, 0.1) is 6.07 Å². The van der Waals surface area contributed by atoms with Crippen LogP contribution in [0.3, 0.4) is 0 Å². The minimum atomic E-state index is -0.765. The van der Waals surface area contributed by atoms with Gasteiger partial charge in [0, 0.05) is 5.02 Å². The number of benzene rings is 1. The predicted octanol–water partition coefficient (Wildman–Crippen LogP) is 2.51. The third-order valence-corrected chi connectivity index (χ3v) is 2.50. The number of nitriles is 1. The molecule has 3 heteroatoms. The van der Waals surface area contributed by atoms with E-state index in [9.17, 15) is 0 Å². The summed E-state index contributed by atoms with van der Waals surface area (Å²) in [6.45, 7) is 1.73. The van der Waals surface area contributed by atoms with Crippen molar-refractivity contribution in [3.8, 4) is 6.07 Å². The second-order valence-corrected chi connectivity index (χ2v) is 4.03. The van der Waals surface area contributed by atoms with Crippen LogP contribution in [-0.2, 0) is 6.42 Å². The zero-order valence-electron chi connectivity index (χ0n) is 8.13. The van der Waals surface area contributed by atoms with Gasteiger partial charge in [-0.25, -0.2) is 0 Å². The number of halogens is 1. The fourth-order valence-electron chi connectivity index (χ4n) is 1.15. The van der Waals surface area contributed by atoms with Crippen molar-refractivity contribution in [2.45, 2.75) is 25.3 Å². The number of hydrogen-bond acceptors (Lipinski definition) is 2. The van der Waals surface area contributed by atoms with E-state index in [0.717, 1.165) is 17.0 Å². The van der Waals surface area contributed by atoms with Crippen molar-refractivity contribution in [3.05, 3.63) is 34.9 Å². The molecule has 14 heavy (non-hydrogen) atoms. The SMILES string of the molecule is CC(N)(C#N)CCc1ccccc1Cl. The molecule has 0 aliphatic rings. The van der Waals surface area contributed by atoms with Crippen molar-refractivity contribution >= 4 is 11.6 Å². The molecule has 0 saturated carbocycles. The Balaban J connectivity index is 2.64. The second kappa shape index (κ2) is 4.45. The van der Waals surface area contributed by atoms with Gasteiger partial charge in [-0.15, -0.1) is 0 Å². The summed E-state index contributed by atoms with van der Waals surface area (Å²) in [7, 11) is 0. The van der Waals surface area contributed by atoms with Crippen LogP contribution < -0.4 is 5.73 Å². The Bertz CT molecular complexity index is 353. The van der Waals surface area contributed by atoms with Crippen molar-refractivity contribution < 1.29 is 0 Å². The first-order valence-electron chi connectivity index (χ1n) is 4.49. The maximum absolute atomic E-state index is 8.73. The first kappa shape index (κ1) is 11.0. The lowest BCUT2D eigenvalue weighted by molar-refractivity contribution is 0.546. The van der Waals surface area contributed by atoms with Gasteiger partial charge in [0.15, 0.2) is 0 Å². The number of hydrogen-bond donors (Lipinski definition) is 1. The molecule has 0 amide bonds. The van der Waals surface area contributed by atoms with E-state index in [0.29, 0.717) is 6.42 Å². The molecule has 2 nitrogen and oxygen atoms in total. The summed E-state index contributed by atoms with van der Waals surface area (Å²) >= 11 is 5.97. The molecule has 2 N–H and O–H groups in total. The van der Waals surface area contributed by atoms with Crippen LogP contribution in [0.1, 0.15) is 18.9 Å². The Labute approximate surface area is 89.3 Å². The molecular formula is C11H13ClN2. The van der Waals surface area contributed by atoms with Gasteiger partial charge in [-0.3, -0.25) is 0 Å². The van der Waals surface area contributed by atoms with Crippen LogP contribution in [-0.4, -0.2) is 5.54 Å². The summed E-state index contributed by atoms with van der Waals surface area (Å²) < 4.78 is 0. The van der Waals surface area contributed by atoms with E-state index in [-0.39, 0.29) is 0 Å².